The molecule has 1 amide bonds. The number of carbonyl (C=O) groups excluding carboxylic acids is 1. The highest BCUT2D eigenvalue weighted by molar-refractivity contribution is 7.47. The van der Waals surface area contributed by atoms with E-state index >= 15 is 0 Å². The lowest BCUT2D eigenvalue weighted by molar-refractivity contribution is -0.870. The molecule has 0 aliphatic rings. The molecule has 0 aromatic heterocycles. The lowest BCUT2D eigenvalue weighted by Gasteiger charge is -2.25. The first-order valence-electron chi connectivity index (χ1n) is 28.0. The van der Waals surface area contributed by atoms with Crippen LogP contribution in [-0.2, 0) is 18.4 Å². The van der Waals surface area contributed by atoms with Crippen LogP contribution < -0.4 is 5.32 Å². The predicted octanol–water partition coefficient (Wildman–Crippen LogP) is 16.8. The van der Waals surface area contributed by atoms with Gasteiger partial charge in [0.15, 0.2) is 0 Å². The summed E-state index contributed by atoms with van der Waals surface area (Å²) in [6, 6.07) is -0.874. The zero-order valence-corrected chi connectivity index (χ0v) is 45.1. The van der Waals surface area contributed by atoms with Crippen molar-refractivity contribution in [1.29, 1.82) is 0 Å². The van der Waals surface area contributed by atoms with Crippen molar-refractivity contribution in [2.45, 2.75) is 270 Å². The predicted molar refractivity (Wildman–Crippen MR) is 286 cm³/mol. The van der Waals surface area contributed by atoms with Crippen molar-refractivity contribution < 1.29 is 32.9 Å². The van der Waals surface area contributed by atoms with E-state index in [0.717, 1.165) is 57.8 Å². The van der Waals surface area contributed by atoms with Crippen molar-refractivity contribution in [1.82, 2.24) is 5.32 Å². The number of aliphatic hydroxyl groups excluding tert-OH is 1. The highest BCUT2D eigenvalue weighted by Gasteiger charge is 2.27. The average Bonchev–Trinajstić information content (AvgIpc) is 3.28. The fourth-order valence-corrected chi connectivity index (χ4v) is 8.81. The van der Waals surface area contributed by atoms with Crippen LogP contribution in [-0.4, -0.2) is 73.4 Å². The van der Waals surface area contributed by atoms with E-state index in [-0.39, 0.29) is 19.1 Å². The summed E-state index contributed by atoms with van der Waals surface area (Å²) in [5.41, 5.74) is 0. The Morgan fingerprint density at radius 3 is 1.23 bits per heavy atom. The van der Waals surface area contributed by atoms with Crippen molar-refractivity contribution in [3.63, 3.8) is 0 Å². The van der Waals surface area contributed by atoms with Gasteiger partial charge in [0.05, 0.1) is 39.9 Å². The summed E-state index contributed by atoms with van der Waals surface area (Å²) < 4.78 is 23.6. The maximum Gasteiger partial charge on any atom is 0.472 e. The zero-order valence-electron chi connectivity index (χ0n) is 44.2. The molecule has 0 saturated heterocycles. The van der Waals surface area contributed by atoms with Gasteiger partial charge in [-0.3, -0.25) is 13.8 Å². The Bertz CT molecular complexity index is 1210. The summed E-state index contributed by atoms with van der Waals surface area (Å²) in [7, 11) is 1.54. The van der Waals surface area contributed by atoms with Crippen molar-refractivity contribution in [3.8, 4) is 0 Å². The maximum atomic E-state index is 12.9. The molecule has 8 nitrogen and oxygen atoms in total. The summed E-state index contributed by atoms with van der Waals surface area (Å²) in [4.78, 5) is 23.2. The molecule has 0 rings (SSSR count). The summed E-state index contributed by atoms with van der Waals surface area (Å²) in [5, 5.41) is 13.9. The number of phosphoric acid groups is 1. The number of hydrogen-bond acceptors (Lipinski definition) is 5. The van der Waals surface area contributed by atoms with Gasteiger partial charge in [-0.05, 0) is 70.6 Å². The van der Waals surface area contributed by atoms with Crippen LogP contribution in [0.15, 0.2) is 48.6 Å². The minimum absolute atomic E-state index is 0.0512. The molecule has 0 fully saturated rings. The average molecular weight is 950 g/mol. The van der Waals surface area contributed by atoms with Crippen LogP contribution in [0.2, 0.25) is 0 Å². The Hall–Kier alpha value is -1.54. The van der Waals surface area contributed by atoms with Crippen LogP contribution in [0.1, 0.15) is 258 Å². The molecule has 0 heterocycles. The van der Waals surface area contributed by atoms with E-state index in [9.17, 15) is 19.4 Å². The van der Waals surface area contributed by atoms with Crippen molar-refractivity contribution in [2.75, 3.05) is 40.9 Å². The molecule has 0 radical (unpaired) electrons. The normalized spacial score (nSPS) is 14.3. The zero-order chi connectivity index (χ0) is 48.5. The minimum atomic E-state index is -4.36. The molecule has 3 N–H and O–H groups in total. The first-order valence-corrected chi connectivity index (χ1v) is 29.5. The number of quaternary nitrogens is 1. The number of unbranched alkanes of at least 4 members (excludes halogenated alkanes) is 32. The Morgan fingerprint density at radius 2 is 0.833 bits per heavy atom. The van der Waals surface area contributed by atoms with E-state index < -0.39 is 20.0 Å². The molecular weight excluding hydrogens is 840 g/mol. The first-order chi connectivity index (χ1) is 32.0. The summed E-state index contributed by atoms with van der Waals surface area (Å²) in [6.45, 7) is 4.78. The summed E-state index contributed by atoms with van der Waals surface area (Å²) in [6.07, 6.45) is 63.8. The number of rotatable bonds is 51. The summed E-state index contributed by atoms with van der Waals surface area (Å²) >= 11 is 0. The van der Waals surface area contributed by atoms with Gasteiger partial charge in [0.2, 0.25) is 5.91 Å². The molecule has 0 bridgehead atoms. The number of allylic oxidation sites excluding steroid dienone is 7. The van der Waals surface area contributed by atoms with Crippen LogP contribution >= 0.6 is 7.82 Å². The molecule has 66 heavy (non-hydrogen) atoms. The van der Waals surface area contributed by atoms with Crippen molar-refractivity contribution in [3.05, 3.63) is 48.6 Å². The SMILES string of the molecule is CCCCCC/C=C\CCCCCCCC(=O)NC(COP(=O)(O)OCC[N+](C)(C)C)C(O)/C=C/CC/C=C/CC/C=C/CCCCCCCCCCCCCCCCCCCCCCC. The number of amides is 1. The number of nitrogens with zero attached hydrogens (tertiary/aromatic N) is 1. The highest BCUT2D eigenvalue weighted by Crippen LogP contribution is 2.43. The standard InChI is InChI=1S/C57H109N2O6P/c1-6-8-10-12-14-16-18-20-21-22-23-24-25-26-27-28-29-30-31-32-33-34-35-36-37-39-40-42-44-46-48-50-56(60)55(54-65-66(62,63)64-53-52-59(3,4)5)58-57(61)51-49-47-45-43-41-38-19-17-15-13-11-9-7-2/h17,19,35-36,40,42,48,50,55-56,60H,6-16,18,20-34,37-39,41,43-47,49,51-54H2,1-5H3,(H-,58,61,62,63)/p+1/b19-17-,36-35+,42-40+,50-48+. The van der Waals surface area contributed by atoms with Crippen LogP contribution in [0.5, 0.6) is 0 Å². The van der Waals surface area contributed by atoms with Crippen LogP contribution in [0.3, 0.4) is 0 Å². The molecule has 0 spiro atoms. The quantitative estimate of drug-likeness (QED) is 0.0243. The third-order valence-electron chi connectivity index (χ3n) is 12.5. The number of aliphatic hydroxyl groups is 1. The molecule has 388 valence electrons. The third kappa shape index (κ3) is 50.3. The Labute approximate surface area is 409 Å². The van der Waals surface area contributed by atoms with E-state index in [4.69, 9.17) is 9.05 Å². The Kier molecular flexibility index (Phi) is 47.4. The molecule has 0 aliphatic heterocycles. The van der Waals surface area contributed by atoms with Crippen LogP contribution in [0, 0.1) is 0 Å². The van der Waals surface area contributed by atoms with Gasteiger partial charge in [-0.15, -0.1) is 0 Å². The Balaban J connectivity index is 4.19. The largest absolute Gasteiger partial charge is 0.472 e. The van der Waals surface area contributed by atoms with E-state index in [2.05, 4.69) is 55.6 Å². The topological polar surface area (TPSA) is 105 Å². The van der Waals surface area contributed by atoms with E-state index in [0.29, 0.717) is 17.4 Å². The number of hydrogen-bond donors (Lipinski definition) is 3. The second kappa shape index (κ2) is 48.5. The van der Waals surface area contributed by atoms with Crippen molar-refractivity contribution >= 4 is 13.7 Å². The van der Waals surface area contributed by atoms with Crippen molar-refractivity contribution in [2.24, 2.45) is 0 Å². The lowest BCUT2D eigenvalue weighted by Crippen LogP contribution is -2.45. The smallest absolute Gasteiger partial charge is 0.387 e. The van der Waals surface area contributed by atoms with Gasteiger partial charge in [0.1, 0.15) is 13.2 Å². The fraction of sp³-hybridized carbons (Fsp3) is 0.842. The Morgan fingerprint density at radius 1 is 0.500 bits per heavy atom. The molecule has 0 saturated carbocycles. The number of carbonyl (C=O) groups is 1. The monoisotopic (exact) mass is 950 g/mol. The molecule has 3 unspecified atom stereocenters. The van der Waals surface area contributed by atoms with Gasteiger partial charge >= 0.3 is 7.82 Å². The number of likely N-dealkylation sites (N-methyl/N-ethyl adjacent to an activating group) is 1. The first kappa shape index (κ1) is 64.5. The lowest BCUT2D eigenvalue weighted by atomic mass is 10.0. The molecule has 0 aliphatic carbocycles. The molecule has 0 aromatic rings. The fourth-order valence-electron chi connectivity index (χ4n) is 8.07. The van der Waals surface area contributed by atoms with E-state index in [1.807, 2.05) is 27.2 Å². The van der Waals surface area contributed by atoms with Gasteiger partial charge in [0, 0.05) is 6.42 Å². The van der Waals surface area contributed by atoms with Gasteiger partial charge in [-0.2, -0.15) is 0 Å². The number of phosphoric ester groups is 1. The maximum absolute atomic E-state index is 12.9. The molecule has 9 heteroatoms. The molecule has 3 atom stereocenters. The van der Waals surface area contributed by atoms with Crippen LogP contribution in [0.4, 0.5) is 0 Å². The third-order valence-corrected chi connectivity index (χ3v) is 13.5. The molecular formula is C57H110N2O6P+. The second-order valence-corrected chi connectivity index (χ2v) is 21.7. The van der Waals surface area contributed by atoms with Gasteiger partial charge in [-0.1, -0.05) is 229 Å². The van der Waals surface area contributed by atoms with Crippen LogP contribution in [0.25, 0.3) is 0 Å². The highest BCUT2D eigenvalue weighted by atomic mass is 31.2. The summed E-state index contributed by atoms with van der Waals surface area (Å²) in [5.74, 6) is -0.200. The number of nitrogens with one attached hydrogen (secondary N) is 1. The minimum Gasteiger partial charge on any atom is -0.387 e. The van der Waals surface area contributed by atoms with Gasteiger partial charge < -0.3 is 19.8 Å². The molecule has 0 aromatic carbocycles. The second-order valence-electron chi connectivity index (χ2n) is 20.3. The van der Waals surface area contributed by atoms with E-state index in [1.54, 1.807) is 6.08 Å². The van der Waals surface area contributed by atoms with Gasteiger partial charge in [-0.25, -0.2) is 4.57 Å². The van der Waals surface area contributed by atoms with E-state index in [1.165, 1.54) is 180 Å². The van der Waals surface area contributed by atoms with Gasteiger partial charge in [0.25, 0.3) is 0 Å².